The summed E-state index contributed by atoms with van der Waals surface area (Å²) in [5.41, 5.74) is 3.98. The maximum absolute atomic E-state index is 13.6. The highest BCUT2D eigenvalue weighted by Gasteiger charge is 2.25. The molecule has 1 amide bonds. The van der Waals surface area contributed by atoms with Crippen molar-refractivity contribution in [2.75, 3.05) is 6.61 Å². The molecule has 1 atom stereocenters. The molecule has 4 nitrogen and oxygen atoms in total. The molecule has 0 aliphatic carbocycles. The average molecular weight is 364 g/mol. The topological polar surface area (TPSA) is 43.3 Å². The number of aromatic nitrogens is 1. The van der Waals surface area contributed by atoms with Crippen molar-refractivity contribution in [3.63, 3.8) is 0 Å². The van der Waals surface area contributed by atoms with Crippen LogP contribution >= 0.6 is 0 Å². The fourth-order valence-electron chi connectivity index (χ4n) is 3.73. The van der Waals surface area contributed by atoms with Gasteiger partial charge >= 0.3 is 0 Å². The van der Waals surface area contributed by atoms with Gasteiger partial charge < -0.3 is 14.6 Å². The summed E-state index contributed by atoms with van der Waals surface area (Å²) in [5.74, 6) is 0.386. The van der Waals surface area contributed by atoms with Crippen LogP contribution in [0.5, 0.6) is 5.75 Å². The molecule has 4 rings (SSSR count). The van der Waals surface area contributed by atoms with Gasteiger partial charge in [-0.15, -0.1) is 0 Å². The first-order valence-electron chi connectivity index (χ1n) is 9.02. The van der Waals surface area contributed by atoms with E-state index in [2.05, 4.69) is 5.32 Å². The maximum Gasteiger partial charge on any atom is 0.253 e. The van der Waals surface area contributed by atoms with Crippen LogP contribution < -0.4 is 10.1 Å². The zero-order valence-corrected chi connectivity index (χ0v) is 15.3. The van der Waals surface area contributed by atoms with Crippen LogP contribution in [0.15, 0.2) is 54.6 Å². The Bertz CT molecular complexity index is 1010. The summed E-state index contributed by atoms with van der Waals surface area (Å²) >= 11 is 0. The smallest absolute Gasteiger partial charge is 0.253 e. The maximum atomic E-state index is 13.6. The zero-order valence-electron chi connectivity index (χ0n) is 15.3. The van der Waals surface area contributed by atoms with Gasteiger partial charge in [0.1, 0.15) is 11.6 Å². The number of hydrogen-bond donors (Lipinski definition) is 1. The van der Waals surface area contributed by atoms with Gasteiger partial charge in [0.25, 0.3) is 5.91 Å². The minimum absolute atomic E-state index is 0.0836. The Balaban J connectivity index is 1.63. The second-order valence-corrected chi connectivity index (χ2v) is 6.80. The molecule has 0 fully saturated rings. The molecule has 0 saturated carbocycles. The van der Waals surface area contributed by atoms with E-state index in [1.807, 2.05) is 54.8 Å². The van der Waals surface area contributed by atoms with Crippen molar-refractivity contribution in [1.29, 1.82) is 0 Å². The van der Waals surface area contributed by atoms with Crippen molar-refractivity contribution in [2.45, 2.75) is 26.3 Å². The van der Waals surface area contributed by atoms with Crippen LogP contribution in [0.25, 0.3) is 5.69 Å². The van der Waals surface area contributed by atoms with Gasteiger partial charge in [-0.05, 0) is 44.2 Å². The summed E-state index contributed by atoms with van der Waals surface area (Å²) in [4.78, 5) is 13.0. The lowest BCUT2D eigenvalue weighted by atomic mass is 10.00. The SMILES string of the molecule is Cc1cc(C(=O)N[C@H]2CCOc3ccccc32)c(C)n1-c1cccc(F)c1. The van der Waals surface area contributed by atoms with E-state index in [1.54, 1.807) is 6.07 Å². The molecule has 0 unspecified atom stereocenters. The van der Waals surface area contributed by atoms with Gasteiger partial charge in [0, 0.05) is 29.1 Å². The molecule has 0 radical (unpaired) electrons. The summed E-state index contributed by atoms with van der Waals surface area (Å²) < 4.78 is 21.2. The number of aryl methyl sites for hydroxylation is 1. The van der Waals surface area contributed by atoms with Gasteiger partial charge in [-0.2, -0.15) is 0 Å². The second-order valence-electron chi connectivity index (χ2n) is 6.80. The zero-order chi connectivity index (χ0) is 19.0. The molecule has 0 bridgehead atoms. The summed E-state index contributed by atoms with van der Waals surface area (Å²) in [7, 11) is 0. The quantitative estimate of drug-likeness (QED) is 0.744. The van der Waals surface area contributed by atoms with E-state index in [9.17, 15) is 9.18 Å². The Morgan fingerprint density at radius 1 is 1.15 bits per heavy atom. The van der Waals surface area contributed by atoms with Crippen LogP contribution in [0, 0.1) is 19.7 Å². The number of fused-ring (bicyclic) bond motifs is 1. The van der Waals surface area contributed by atoms with Crippen molar-refractivity contribution < 1.29 is 13.9 Å². The number of para-hydroxylation sites is 1. The summed E-state index contributed by atoms with van der Waals surface area (Å²) in [6.45, 7) is 4.37. The average Bonchev–Trinajstić information content (AvgIpc) is 2.96. The minimum atomic E-state index is -0.301. The summed E-state index contributed by atoms with van der Waals surface area (Å²) in [5, 5.41) is 3.13. The number of hydrogen-bond acceptors (Lipinski definition) is 2. The first-order chi connectivity index (χ1) is 13.0. The number of carbonyl (C=O) groups excluding carboxylic acids is 1. The highest BCUT2D eigenvalue weighted by Crippen LogP contribution is 2.32. The predicted octanol–water partition coefficient (Wildman–Crippen LogP) is 4.49. The minimum Gasteiger partial charge on any atom is -0.493 e. The van der Waals surface area contributed by atoms with Crippen LogP contribution in [0.1, 0.15) is 39.8 Å². The molecule has 2 heterocycles. The van der Waals surface area contributed by atoms with E-state index < -0.39 is 0 Å². The summed E-state index contributed by atoms with van der Waals surface area (Å²) in [6.07, 6.45) is 0.728. The molecule has 3 aromatic rings. The van der Waals surface area contributed by atoms with Gasteiger partial charge in [-0.25, -0.2) is 4.39 Å². The first kappa shape index (κ1) is 17.3. The molecule has 1 aliphatic heterocycles. The Kier molecular flexibility index (Phi) is 4.44. The number of benzene rings is 2. The third-order valence-corrected chi connectivity index (χ3v) is 5.01. The van der Waals surface area contributed by atoms with Crippen LogP contribution in [-0.2, 0) is 0 Å². The number of halogens is 1. The largest absolute Gasteiger partial charge is 0.493 e. The second kappa shape index (κ2) is 6.91. The molecule has 0 saturated heterocycles. The van der Waals surface area contributed by atoms with E-state index >= 15 is 0 Å². The lowest BCUT2D eigenvalue weighted by Crippen LogP contribution is -2.32. The first-order valence-corrected chi connectivity index (χ1v) is 9.02. The monoisotopic (exact) mass is 364 g/mol. The molecule has 2 aromatic carbocycles. The van der Waals surface area contributed by atoms with E-state index in [4.69, 9.17) is 4.74 Å². The number of ether oxygens (including phenoxy) is 1. The van der Waals surface area contributed by atoms with Crippen LogP contribution in [0.3, 0.4) is 0 Å². The molecule has 1 aromatic heterocycles. The van der Waals surface area contributed by atoms with Crippen molar-refractivity contribution in [3.8, 4) is 11.4 Å². The van der Waals surface area contributed by atoms with Gasteiger partial charge in [0.05, 0.1) is 18.2 Å². The number of nitrogens with one attached hydrogen (secondary N) is 1. The van der Waals surface area contributed by atoms with Gasteiger partial charge in [0.15, 0.2) is 0 Å². The van der Waals surface area contributed by atoms with Crippen molar-refractivity contribution in [3.05, 3.63) is 82.9 Å². The van der Waals surface area contributed by atoms with Crippen LogP contribution in [-0.4, -0.2) is 17.1 Å². The number of rotatable bonds is 3. The molecular weight excluding hydrogens is 343 g/mol. The van der Waals surface area contributed by atoms with Crippen molar-refractivity contribution >= 4 is 5.91 Å². The van der Waals surface area contributed by atoms with Crippen LogP contribution in [0.2, 0.25) is 0 Å². The highest BCUT2D eigenvalue weighted by molar-refractivity contribution is 5.96. The fourth-order valence-corrected chi connectivity index (χ4v) is 3.73. The van der Waals surface area contributed by atoms with Gasteiger partial charge in [-0.3, -0.25) is 4.79 Å². The number of carbonyl (C=O) groups is 1. The summed E-state index contributed by atoms with van der Waals surface area (Å²) in [6, 6.07) is 15.9. The van der Waals surface area contributed by atoms with E-state index in [1.165, 1.54) is 12.1 Å². The normalized spacial score (nSPS) is 15.7. The Morgan fingerprint density at radius 2 is 1.96 bits per heavy atom. The van der Waals surface area contributed by atoms with E-state index in [-0.39, 0.29) is 17.8 Å². The van der Waals surface area contributed by atoms with Crippen LogP contribution in [0.4, 0.5) is 4.39 Å². The molecule has 138 valence electrons. The number of nitrogens with zero attached hydrogens (tertiary/aromatic N) is 1. The molecule has 0 spiro atoms. The molecule has 27 heavy (non-hydrogen) atoms. The lowest BCUT2D eigenvalue weighted by molar-refractivity contribution is 0.0924. The lowest BCUT2D eigenvalue weighted by Gasteiger charge is -2.26. The van der Waals surface area contributed by atoms with Crippen molar-refractivity contribution in [1.82, 2.24) is 9.88 Å². The molecule has 5 heteroatoms. The molecule has 1 N–H and O–H groups in total. The highest BCUT2D eigenvalue weighted by atomic mass is 19.1. The third-order valence-electron chi connectivity index (χ3n) is 5.01. The molecule has 1 aliphatic rings. The van der Waals surface area contributed by atoms with E-state index in [0.29, 0.717) is 17.9 Å². The van der Waals surface area contributed by atoms with Crippen molar-refractivity contribution in [2.24, 2.45) is 0 Å². The number of amides is 1. The fraction of sp³-hybridized carbons (Fsp3) is 0.227. The molecular formula is C22H21FN2O2. The van der Waals surface area contributed by atoms with Gasteiger partial charge in [-0.1, -0.05) is 24.3 Å². The Hall–Kier alpha value is -3.08. The van der Waals surface area contributed by atoms with E-state index in [0.717, 1.165) is 29.1 Å². The standard InChI is InChI=1S/C22H21FN2O2/c1-14-12-19(15(2)25(14)17-7-5-6-16(23)13-17)22(26)24-20-10-11-27-21-9-4-3-8-18(20)21/h3-9,12-13,20H,10-11H2,1-2H3,(H,24,26)/t20-/m0/s1. The predicted molar refractivity (Wildman–Crippen MR) is 102 cm³/mol. The van der Waals surface area contributed by atoms with Gasteiger partial charge in [0.2, 0.25) is 0 Å². The Morgan fingerprint density at radius 3 is 2.78 bits per heavy atom. The Labute approximate surface area is 157 Å². The third kappa shape index (κ3) is 3.21.